The molecule has 1 aromatic rings. The van der Waals surface area contributed by atoms with Crippen LogP contribution in [0.25, 0.3) is 0 Å². The SMILES string of the molecule is O=C(CCN1CCN(CC(=O)N2CCCC2)CC1)Nc1c(Cl)cccc1Cl. The Bertz CT molecular complexity index is 651. The molecule has 0 radical (unpaired) electrons. The van der Waals surface area contributed by atoms with Gasteiger partial charge in [-0.3, -0.25) is 14.5 Å². The maximum absolute atomic E-state index is 12.2. The monoisotopic (exact) mass is 412 g/mol. The average molecular weight is 413 g/mol. The largest absolute Gasteiger partial charge is 0.342 e. The summed E-state index contributed by atoms with van der Waals surface area (Å²) >= 11 is 12.2. The third-order valence-corrected chi connectivity index (χ3v) is 5.79. The van der Waals surface area contributed by atoms with E-state index >= 15 is 0 Å². The number of carbonyl (C=O) groups is 2. The topological polar surface area (TPSA) is 55.9 Å². The summed E-state index contributed by atoms with van der Waals surface area (Å²) in [5.74, 6) is 0.147. The van der Waals surface area contributed by atoms with Gasteiger partial charge in [0.15, 0.2) is 0 Å². The Kier molecular flexibility index (Phi) is 7.35. The molecule has 0 spiro atoms. The highest BCUT2D eigenvalue weighted by molar-refractivity contribution is 6.39. The zero-order valence-corrected chi connectivity index (χ0v) is 16.9. The summed E-state index contributed by atoms with van der Waals surface area (Å²) in [6, 6.07) is 5.14. The molecule has 148 valence electrons. The van der Waals surface area contributed by atoms with Crippen molar-refractivity contribution in [2.75, 3.05) is 57.7 Å². The molecule has 1 N–H and O–H groups in total. The molecule has 27 heavy (non-hydrogen) atoms. The van der Waals surface area contributed by atoms with E-state index in [1.165, 1.54) is 0 Å². The number of amides is 2. The van der Waals surface area contributed by atoms with Crippen LogP contribution in [0.4, 0.5) is 5.69 Å². The number of anilines is 1. The zero-order valence-electron chi connectivity index (χ0n) is 15.4. The standard InChI is InChI=1S/C19H26Cl2N4O2/c20-15-4-3-5-16(21)19(15)22-17(26)6-9-23-10-12-24(13-11-23)14-18(27)25-7-1-2-8-25/h3-5H,1-2,6-14H2,(H,22,26). The minimum absolute atomic E-state index is 0.100. The molecule has 2 saturated heterocycles. The lowest BCUT2D eigenvalue weighted by molar-refractivity contribution is -0.131. The molecule has 2 fully saturated rings. The summed E-state index contributed by atoms with van der Waals surface area (Å²) in [6.45, 7) is 6.46. The van der Waals surface area contributed by atoms with Crippen molar-refractivity contribution in [1.82, 2.24) is 14.7 Å². The number of rotatable bonds is 6. The summed E-state index contributed by atoms with van der Waals surface area (Å²) in [5, 5.41) is 3.67. The van der Waals surface area contributed by atoms with Gasteiger partial charge in [0.05, 0.1) is 22.3 Å². The van der Waals surface area contributed by atoms with Gasteiger partial charge >= 0.3 is 0 Å². The van der Waals surface area contributed by atoms with Gasteiger partial charge in [-0.25, -0.2) is 0 Å². The molecule has 3 rings (SSSR count). The van der Waals surface area contributed by atoms with Crippen molar-refractivity contribution in [3.63, 3.8) is 0 Å². The van der Waals surface area contributed by atoms with Gasteiger partial charge in [0.1, 0.15) is 0 Å². The van der Waals surface area contributed by atoms with Crippen molar-refractivity contribution in [2.24, 2.45) is 0 Å². The maximum Gasteiger partial charge on any atom is 0.236 e. The zero-order chi connectivity index (χ0) is 19.2. The molecule has 0 aliphatic carbocycles. The lowest BCUT2D eigenvalue weighted by Gasteiger charge is -2.34. The van der Waals surface area contributed by atoms with Gasteiger partial charge in [-0.2, -0.15) is 0 Å². The number of nitrogens with zero attached hydrogens (tertiary/aromatic N) is 3. The van der Waals surface area contributed by atoms with Crippen LogP contribution in [0.2, 0.25) is 10.0 Å². The van der Waals surface area contributed by atoms with E-state index in [0.29, 0.717) is 35.2 Å². The number of benzene rings is 1. The Labute approximate surface area is 170 Å². The Morgan fingerprint density at radius 1 is 0.926 bits per heavy atom. The molecular weight excluding hydrogens is 387 g/mol. The minimum Gasteiger partial charge on any atom is -0.342 e. The van der Waals surface area contributed by atoms with Gasteiger partial charge in [-0.05, 0) is 25.0 Å². The van der Waals surface area contributed by atoms with Crippen LogP contribution in [0.5, 0.6) is 0 Å². The predicted molar refractivity (Wildman–Crippen MR) is 108 cm³/mol. The van der Waals surface area contributed by atoms with Gasteiger partial charge in [0, 0.05) is 52.2 Å². The van der Waals surface area contributed by atoms with Crippen molar-refractivity contribution in [3.05, 3.63) is 28.2 Å². The van der Waals surface area contributed by atoms with Crippen LogP contribution in [0.1, 0.15) is 19.3 Å². The first-order valence-electron chi connectivity index (χ1n) is 9.49. The van der Waals surface area contributed by atoms with Gasteiger partial charge in [0.25, 0.3) is 0 Å². The van der Waals surface area contributed by atoms with Crippen LogP contribution in [0.3, 0.4) is 0 Å². The third-order valence-electron chi connectivity index (χ3n) is 5.16. The molecule has 0 bridgehead atoms. The quantitative estimate of drug-likeness (QED) is 0.779. The van der Waals surface area contributed by atoms with Crippen molar-refractivity contribution in [2.45, 2.75) is 19.3 Å². The van der Waals surface area contributed by atoms with Crippen LogP contribution in [0, 0.1) is 0 Å². The number of likely N-dealkylation sites (tertiary alicyclic amines) is 1. The second kappa shape index (κ2) is 9.73. The number of hydrogen-bond donors (Lipinski definition) is 1. The second-order valence-corrected chi connectivity index (χ2v) is 7.91. The molecule has 0 unspecified atom stereocenters. The molecule has 2 heterocycles. The smallest absolute Gasteiger partial charge is 0.236 e. The Morgan fingerprint density at radius 3 is 2.15 bits per heavy atom. The number of nitrogens with one attached hydrogen (secondary N) is 1. The van der Waals surface area contributed by atoms with E-state index in [1.807, 2.05) is 4.90 Å². The first kappa shape index (κ1) is 20.4. The lowest BCUT2D eigenvalue weighted by Crippen LogP contribution is -2.50. The number of halogens is 2. The highest BCUT2D eigenvalue weighted by Gasteiger charge is 2.23. The van der Waals surface area contributed by atoms with E-state index in [0.717, 1.165) is 52.1 Å². The van der Waals surface area contributed by atoms with Gasteiger partial charge in [-0.15, -0.1) is 0 Å². The Balaban J connectivity index is 1.36. The minimum atomic E-state index is -0.100. The number of piperazine rings is 1. The van der Waals surface area contributed by atoms with E-state index in [1.54, 1.807) is 18.2 Å². The molecule has 2 aliphatic heterocycles. The highest BCUT2D eigenvalue weighted by atomic mass is 35.5. The Morgan fingerprint density at radius 2 is 1.52 bits per heavy atom. The van der Waals surface area contributed by atoms with Gasteiger partial charge < -0.3 is 15.1 Å². The maximum atomic E-state index is 12.2. The summed E-state index contributed by atoms with van der Waals surface area (Å²) in [7, 11) is 0. The van der Waals surface area contributed by atoms with Gasteiger partial charge in [-0.1, -0.05) is 29.3 Å². The highest BCUT2D eigenvalue weighted by Crippen LogP contribution is 2.29. The van der Waals surface area contributed by atoms with Crippen LogP contribution in [-0.2, 0) is 9.59 Å². The van der Waals surface area contributed by atoms with Crippen molar-refractivity contribution in [3.8, 4) is 0 Å². The van der Waals surface area contributed by atoms with Crippen molar-refractivity contribution < 1.29 is 9.59 Å². The van der Waals surface area contributed by atoms with E-state index in [2.05, 4.69) is 15.1 Å². The summed E-state index contributed by atoms with van der Waals surface area (Å²) < 4.78 is 0. The number of para-hydroxylation sites is 1. The fourth-order valence-corrected chi connectivity index (χ4v) is 4.00. The Hall–Kier alpha value is -1.34. The first-order chi connectivity index (χ1) is 13.0. The van der Waals surface area contributed by atoms with Crippen molar-refractivity contribution in [1.29, 1.82) is 0 Å². The molecular formula is C19H26Cl2N4O2. The van der Waals surface area contributed by atoms with E-state index in [9.17, 15) is 9.59 Å². The molecule has 0 aromatic heterocycles. The second-order valence-electron chi connectivity index (χ2n) is 7.10. The van der Waals surface area contributed by atoms with Crippen LogP contribution >= 0.6 is 23.2 Å². The summed E-state index contributed by atoms with van der Waals surface area (Å²) in [6.07, 6.45) is 2.64. The fraction of sp³-hybridized carbons (Fsp3) is 0.579. The molecule has 0 atom stereocenters. The lowest BCUT2D eigenvalue weighted by atomic mass is 10.2. The van der Waals surface area contributed by atoms with Crippen LogP contribution < -0.4 is 5.32 Å². The fourth-order valence-electron chi connectivity index (χ4n) is 3.51. The summed E-state index contributed by atoms with van der Waals surface area (Å²) in [4.78, 5) is 30.9. The van der Waals surface area contributed by atoms with Gasteiger partial charge in [0.2, 0.25) is 11.8 Å². The summed E-state index contributed by atoms with van der Waals surface area (Å²) in [5.41, 5.74) is 0.469. The van der Waals surface area contributed by atoms with Crippen LogP contribution in [0.15, 0.2) is 18.2 Å². The van der Waals surface area contributed by atoms with E-state index in [4.69, 9.17) is 23.2 Å². The molecule has 2 amide bonds. The van der Waals surface area contributed by atoms with Crippen LogP contribution in [-0.4, -0.2) is 78.9 Å². The number of hydrogen-bond acceptors (Lipinski definition) is 4. The normalized spacial score (nSPS) is 18.7. The predicted octanol–water partition coefficient (Wildman–Crippen LogP) is 2.56. The molecule has 8 heteroatoms. The molecule has 0 saturated carbocycles. The van der Waals surface area contributed by atoms with E-state index < -0.39 is 0 Å². The molecule has 6 nitrogen and oxygen atoms in total. The number of carbonyl (C=O) groups excluding carboxylic acids is 2. The molecule has 2 aliphatic rings. The first-order valence-corrected chi connectivity index (χ1v) is 10.2. The average Bonchev–Trinajstić information content (AvgIpc) is 3.19. The van der Waals surface area contributed by atoms with Crippen molar-refractivity contribution >= 4 is 40.7 Å². The molecule has 1 aromatic carbocycles. The third kappa shape index (κ3) is 5.82. The van der Waals surface area contributed by atoms with E-state index in [-0.39, 0.29) is 11.8 Å².